The maximum Gasteiger partial charge on any atom is 0.175 e. The van der Waals surface area contributed by atoms with Gasteiger partial charge in [-0.25, -0.2) is 0 Å². The first-order valence-electron chi connectivity index (χ1n) is 6.41. The molecular formula is C14H18BrClO3. The number of halogens is 2. The van der Waals surface area contributed by atoms with Gasteiger partial charge in [-0.05, 0) is 46.5 Å². The van der Waals surface area contributed by atoms with E-state index >= 15 is 0 Å². The molecule has 0 aliphatic carbocycles. The fourth-order valence-electron chi connectivity index (χ4n) is 2.15. The Kier molecular flexibility index (Phi) is 5.79. The minimum Gasteiger partial charge on any atom is -0.493 e. The van der Waals surface area contributed by atoms with Gasteiger partial charge in [0, 0.05) is 18.9 Å². The van der Waals surface area contributed by atoms with Crippen molar-refractivity contribution in [1.82, 2.24) is 0 Å². The Balaban J connectivity index is 1.98. The third kappa shape index (κ3) is 4.01. The van der Waals surface area contributed by atoms with Gasteiger partial charge in [-0.2, -0.15) is 0 Å². The Bertz CT molecular complexity index is 419. The molecule has 0 spiro atoms. The van der Waals surface area contributed by atoms with Crippen molar-refractivity contribution in [3.8, 4) is 11.5 Å². The molecule has 1 aromatic carbocycles. The summed E-state index contributed by atoms with van der Waals surface area (Å²) in [5.41, 5.74) is 0.997. The van der Waals surface area contributed by atoms with Gasteiger partial charge in [0.15, 0.2) is 11.5 Å². The molecule has 2 rings (SSSR count). The maximum absolute atomic E-state index is 5.84. The molecule has 1 heterocycles. The standard InChI is InChI=1S/C14H18BrClO3/c1-17-13-8-10(9-16)7-12(15)14(13)19-6-4-11-3-2-5-18-11/h7-8,11H,2-6,9H2,1H3. The monoisotopic (exact) mass is 348 g/mol. The van der Waals surface area contributed by atoms with E-state index in [1.54, 1.807) is 7.11 Å². The van der Waals surface area contributed by atoms with Crippen LogP contribution >= 0.6 is 27.5 Å². The second kappa shape index (κ2) is 7.36. The van der Waals surface area contributed by atoms with E-state index in [4.69, 9.17) is 25.8 Å². The quantitative estimate of drug-likeness (QED) is 0.722. The van der Waals surface area contributed by atoms with Crippen LogP contribution in [0, 0.1) is 0 Å². The van der Waals surface area contributed by atoms with Crippen LogP contribution < -0.4 is 9.47 Å². The van der Waals surface area contributed by atoms with E-state index < -0.39 is 0 Å². The molecule has 1 aliphatic heterocycles. The molecule has 5 heteroatoms. The molecule has 0 bridgehead atoms. The second-order valence-corrected chi connectivity index (χ2v) is 5.64. The first kappa shape index (κ1) is 14.9. The number of hydrogen-bond donors (Lipinski definition) is 0. The lowest BCUT2D eigenvalue weighted by atomic mass is 10.2. The van der Waals surface area contributed by atoms with Crippen molar-refractivity contribution < 1.29 is 14.2 Å². The summed E-state index contributed by atoms with van der Waals surface area (Å²) in [5, 5.41) is 0. The van der Waals surface area contributed by atoms with Crippen molar-refractivity contribution in [3.63, 3.8) is 0 Å². The summed E-state index contributed by atoms with van der Waals surface area (Å²) < 4.78 is 17.6. The third-order valence-corrected chi connectivity index (χ3v) is 4.05. The summed E-state index contributed by atoms with van der Waals surface area (Å²) in [6, 6.07) is 3.86. The molecule has 0 saturated carbocycles. The molecule has 19 heavy (non-hydrogen) atoms. The minimum absolute atomic E-state index is 0.340. The predicted molar refractivity (Wildman–Crippen MR) is 79.3 cm³/mol. The van der Waals surface area contributed by atoms with Crippen LogP contribution in [-0.4, -0.2) is 26.4 Å². The highest BCUT2D eigenvalue weighted by atomic mass is 79.9. The predicted octanol–water partition coefficient (Wildman–Crippen LogP) is 4.14. The molecule has 1 aromatic rings. The highest BCUT2D eigenvalue weighted by Gasteiger charge is 2.17. The summed E-state index contributed by atoms with van der Waals surface area (Å²) in [5.74, 6) is 1.89. The van der Waals surface area contributed by atoms with Crippen LogP contribution in [0.5, 0.6) is 11.5 Å². The number of hydrogen-bond acceptors (Lipinski definition) is 3. The highest BCUT2D eigenvalue weighted by Crippen LogP contribution is 2.37. The zero-order valence-electron chi connectivity index (χ0n) is 11.0. The number of rotatable bonds is 6. The zero-order valence-corrected chi connectivity index (χ0v) is 13.3. The van der Waals surface area contributed by atoms with E-state index in [0.29, 0.717) is 24.3 Å². The van der Waals surface area contributed by atoms with Crippen LogP contribution in [0.25, 0.3) is 0 Å². The fourth-order valence-corrected chi connectivity index (χ4v) is 2.91. The summed E-state index contributed by atoms with van der Waals surface area (Å²) >= 11 is 9.34. The van der Waals surface area contributed by atoms with Gasteiger partial charge in [-0.1, -0.05) is 0 Å². The summed E-state index contributed by atoms with van der Waals surface area (Å²) in [7, 11) is 1.63. The molecule has 0 N–H and O–H groups in total. The van der Waals surface area contributed by atoms with Gasteiger partial charge in [0.1, 0.15) is 0 Å². The van der Waals surface area contributed by atoms with E-state index in [9.17, 15) is 0 Å². The normalized spacial score (nSPS) is 18.6. The Morgan fingerprint density at radius 1 is 1.47 bits per heavy atom. The van der Waals surface area contributed by atoms with E-state index in [-0.39, 0.29) is 0 Å². The van der Waals surface area contributed by atoms with Crippen molar-refractivity contribution in [2.24, 2.45) is 0 Å². The first-order chi connectivity index (χ1) is 9.24. The molecule has 106 valence electrons. The summed E-state index contributed by atoms with van der Waals surface area (Å²) in [6.07, 6.45) is 3.54. The van der Waals surface area contributed by atoms with E-state index in [1.807, 2.05) is 12.1 Å². The lowest BCUT2D eigenvalue weighted by Gasteiger charge is -2.15. The van der Waals surface area contributed by atoms with Crippen molar-refractivity contribution in [2.45, 2.75) is 31.2 Å². The molecule has 1 saturated heterocycles. The third-order valence-electron chi connectivity index (χ3n) is 3.15. The number of ether oxygens (including phenoxy) is 3. The average molecular weight is 350 g/mol. The topological polar surface area (TPSA) is 27.7 Å². The van der Waals surface area contributed by atoms with Gasteiger partial charge in [0.05, 0.1) is 24.3 Å². The van der Waals surface area contributed by atoms with Crippen molar-refractivity contribution in [3.05, 3.63) is 22.2 Å². The van der Waals surface area contributed by atoms with E-state index in [0.717, 1.165) is 41.7 Å². The average Bonchev–Trinajstić information content (AvgIpc) is 2.93. The Labute approximate surface area is 127 Å². The lowest BCUT2D eigenvalue weighted by Crippen LogP contribution is -2.11. The Hall–Kier alpha value is -0.450. The van der Waals surface area contributed by atoms with Gasteiger partial charge in [-0.15, -0.1) is 11.6 Å². The fraction of sp³-hybridized carbons (Fsp3) is 0.571. The van der Waals surface area contributed by atoms with Crippen molar-refractivity contribution >= 4 is 27.5 Å². The largest absolute Gasteiger partial charge is 0.493 e. The smallest absolute Gasteiger partial charge is 0.175 e. The molecule has 1 atom stereocenters. The van der Waals surface area contributed by atoms with Crippen LogP contribution in [-0.2, 0) is 10.6 Å². The molecule has 0 amide bonds. The lowest BCUT2D eigenvalue weighted by molar-refractivity contribution is 0.0897. The second-order valence-electron chi connectivity index (χ2n) is 4.51. The summed E-state index contributed by atoms with van der Waals surface area (Å²) in [6.45, 7) is 1.50. The van der Waals surface area contributed by atoms with Crippen LogP contribution in [0.3, 0.4) is 0 Å². The molecule has 1 unspecified atom stereocenters. The van der Waals surface area contributed by atoms with Crippen molar-refractivity contribution in [2.75, 3.05) is 20.3 Å². The van der Waals surface area contributed by atoms with Crippen LogP contribution in [0.1, 0.15) is 24.8 Å². The van der Waals surface area contributed by atoms with Gasteiger partial charge >= 0.3 is 0 Å². The number of benzene rings is 1. The van der Waals surface area contributed by atoms with Gasteiger partial charge in [0.2, 0.25) is 0 Å². The number of methoxy groups -OCH3 is 1. The Morgan fingerprint density at radius 3 is 2.95 bits per heavy atom. The van der Waals surface area contributed by atoms with Gasteiger partial charge < -0.3 is 14.2 Å². The minimum atomic E-state index is 0.340. The SMILES string of the molecule is COc1cc(CCl)cc(Br)c1OCCC1CCCO1. The van der Waals surface area contributed by atoms with E-state index in [2.05, 4.69) is 15.9 Å². The molecule has 1 fully saturated rings. The summed E-state index contributed by atoms with van der Waals surface area (Å²) in [4.78, 5) is 0. The highest BCUT2D eigenvalue weighted by molar-refractivity contribution is 9.10. The molecular weight excluding hydrogens is 332 g/mol. The number of alkyl halides is 1. The van der Waals surface area contributed by atoms with Crippen LogP contribution in [0.2, 0.25) is 0 Å². The molecule has 3 nitrogen and oxygen atoms in total. The van der Waals surface area contributed by atoms with E-state index in [1.165, 1.54) is 0 Å². The van der Waals surface area contributed by atoms with Gasteiger partial charge in [-0.3, -0.25) is 0 Å². The molecule has 0 radical (unpaired) electrons. The van der Waals surface area contributed by atoms with Crippen LogP contribution in [0.4, 0.5) is 0 Å². The maximum atomic E-state index is 5.84. The van der Waals surface area contributed by atoms with Crippen LogP contribution in [0.15, 0.2) is 16.6 Å². The first-order valence-corrected chi connectivity index (χ1v) is 7.74. The zero-order chi connectivity index (χ0) is 13.7. The van der Waals surface area contributed by atoms with Crippen molar-refractivity contribution in [1.29, 1.82) is 0 Å². The molecule has 1 aliphatic rings. The Morgan fingerprint density at radius 2 is 2.32 bits per heavy atom. The molecule has 0 aromatic heterocycles. The van der Waals surface area contributed by atoms with Gasteiger partial charge in [0.25, 0.3) is 0 Å².